The van der Waals surface area contributed by atoms with Gasteiger partial charge in [-0.05, 0) is 24.6 Å². The molecule has 1 aromatic heterocycles. The fraction of sp³-hybridized carbons (Fsp3) is 0.250. The van der Waals surface area contributed by atoms with Crippen molar-refractivity contribution in [1.82, 2.24) is 4.57 Å². The van der Waals surface area contributed by atoms with Gasteiger partial charge in [-0.3, -0.25) is 9.36 Å². The van der Waals surface area contributed by atoms with Gasteiger partial charge in [-0.2, -0.15) is 0 Å². The number of nitrogen functional groups attached to an aromatic ring is 1. The summed E-state index contributed by atoms with van der Waals surface area (Å²) in [6.07, 6.45) is 0. The Hall–Kier alpha value is -1.75. The molecule has 90 valence electrons. The van der Waals surface area contributed by atoms with E-state index >= 15 is 0 Å². The molecule has 0 radical (unpaired) electrons. The molecule has 2 aromatic rings. The summed E-state index contributed by atoms with van der Waals surface area (Å²) >= 11 is 1.21. The second kappa shape index (κ2) is 4.63. The Balaban J connectivity index is 2.31. The van der Waals surface area contributed by atoms with Crippen LogP contribution < -0.4 is 15.3 Å². The summed E-state index contributed by atoms with van der Waals surface area (Å²) in [5, 5.41) is 1.86. The number of nitrogens with zero attached hydrogens (tertiary/aromatic N) is 1. The Bertz CT molecular complexity index is 586. The van der Waals surface area contributed by atoms with Gasteiger partial charge in [0.1, 0.15) is 5.75 Å². The van der Waals surface area contributed by atoms with Gasteiger partial charge in [0, 0.05) is 11.1 Å². The first kappa shape index (κ1) is 11.7. The van der Waals surface area contributed by atoms with Crippen molar-refractivity contribution >= 4 is 17.0 Å². The molecule has 0 fully saturated rings. The molecule has 2 N–H and O–H groups in total. The van der Waals surface area contributed by atoms with Crippen molar-refractivity contribution in [3.63, 3.8) is 0 Å². The molecule has 0 amide bonds. The summed E-state index contributed by atoms with van der Waals surface area (Å²) in [5.41, 5.74) is 8.38. The molecule has 0 atom stereocenters. The predicted octanol–water partition coefficient (Wildman–Crippen LogP) is 1.86. The highest BCUT2D eigenvalue weighted by atomic mass is 32.1. The maximum atomic E-state index is 11.6. The molecule has 5 heteroatoms. The minimum atomic E-state index is 0.0527. The molecule has 0 aliphatic carbocycles. The molecule has 0 saturated heterocycles. The number of hydrogen-bond donors (Lipinski definition) is 1. The lowest BCUT2D eigenvalue weighted by Crippen LogP contribution is -2.15. The number of thiazole rings is 1. The van der Waals surface area contributed by atoms with E-state index < -0.39 is 0 Å². The molecule has 4 nitrogen and oxygen atoms in total. The van der Waals surface area contributed by atoms with Gasteiger partial charge in [-0.1, -0.05) is 17.4 Å². The van der Waals surface area contributed by atoms with Crippen molar-refractivity contribution in [2.24, 2.45) is 0 Å². The molecule has 0 spiro atoms. The number of methoxy groups -OCH3 is 1. The van der Waals surface area contributed by atoms with E-state index in [1.807, 2.05) is 30.5 Å². The van der Waals surface area contributed by atoms with Gasteiger partial charge in [-0.15, -0.1) is 0 Å². The summed E-state index contributed by atoms with van der Waals surface area (Å²) in [6, 6.07) is 5.57. The second-order valence-electron chi connectivity index (χ2n) is 3.81. The number of ether oxygens (including phenoxy) is 1. The third kappa shape index (κ3) is 2.34. The number of anilines is 1. The van der Waals surface area contributed by atoms with Crippen molar-refractivity contribution in [2.45, 2.75) is 13.5 Å². The number of hydrogen-bond acceptors (Lipinski definition) is 4. The van der Waals surface area contributed by atoms with Crippen LogP contribution in [0.2, 0.25) is 0 Å². The van der Waals surface area contributed by atoms with Crippen molar-refractivity contribution in [1.29, 1.82) is 0 Å². The number of rotatable bonds is 3. The quantitative estimate of drug-likeness (QED) is 0.846. The van der Waals surface area contributed by atoms with Crippen LogP contribution in [0.5, 0.6) is 5.75 Å². The zero-order chi connectivity index (χ0) is 12.4. The summed E-state index contributed by atoms with van der Waals surface area (Å²) in [4.78, 5) is 11.6. The van der Waals surface area contributed by atoms with E-state index in [0.29, 0.717) is 18.0 Å². The first-order valence-electron chi connectivity index (χ1n) is 5.19. The molecule has 1 aromatic carbocycles. The number of aromatic nitrogens is 1. The van der Waals surface area contributed by atoms with E-state index in [2.05, 4.69) is 0 Å². The summed E-state index contributed by atoms with van der Waals surface area (Å²) < 4.78 is 6.82. The number of benzene rings is 1. The maximum Gasteiger partial charge on any atom is 0.307 e. The van der Waals surface area contributed by atoms with Crippen molar-refractivity contribution in [2.75, 3.05) is 12.8 Å². The van der Waals surface area contributed by atoms with Crippen molar-refractivity contribution in [3.8, 4) is 5.75 Å². The zero-order valence-corrected chi connectivity index (χ0v) is 10.6. The molecule has 17 heavy (non-hydrogen) atoms. The van der Waals surface area contributed by atoms with E-state index in [1.54, 1.807) is 11.7 Å². The van der Waals surface area contributed by atoms with Crippen LogP contribution in [0, 0.1) is 6.92 Å². The predicted molar refractivity (Wildman–Crippen MR) is 69.8 cm³/mol. The molecular weight excluding hydrogens is 236 g/mol. The fourth-order valence-electron chi connectivity index (χ4n) is 1.66. The molecular formula is C12H14N2O2S. The van der Waals surface area contributed by atoms with Gasteiger partial charge in [0.25, 0.3) is 0 Å². The third-order valence-corrected chi connectivity index (χ3v) is 3.49. The van der Waals surface area contributed by atoms with Crippen LogP contribution in [-0.4, -0.2) is 11.7 Å². The topological polar surface area (TPSA) is 57.2 Å². The molecule has 0 bridgehead atoms. The average molecular weight is 250 g/mol. The number of aryl methyl sites for hydroxylation is 1. The van der Waals surface area contributed by atoms with E-state index in [1.165, 1.54) is 11.3 Å². The summed E-state index contributed by atoms with van der Waals surface area (Å²) in [6.45, 7) is 2.47. The highest BCUT2D eigenvalue weighted by molar-refractivity contribution is 7.07. The smallest absolute Gasteiger partial charge is 0.307 e. The Kier molecular flexibility index (Phi) is 3.19. The third-order valence-electron chi connectivity index (χ3n) is 2.61. The van der Waals surface area contributed by atoms with Gasteiger partial charge < -0.3 is 10.5 Å². The lowest BCUT2D eigenvalue weighted by Gasteiger charge is -2.08. The van der Waals surface area contributed by atoms with Crippen LogP contribution in [0.1, 0.15) is 11.3 Å². The normalized spacial score (nSPS) is 10.5. The lowest BCUT2D eigenvalue weighted by molar-refractivity contribution is 0.417. The fourth-order valence-corrected chi connectivity index (χ4v) is 2.40. The average Bonchev–Trinajstić information content (AvgIpc) is 2.61. The van der Waals surface area contributed by atoms with Gasteiger partial charge in [0.2, 0.25) is 0 Å². The standard InChI is InChI=1S/C12H14N2O2S/c1-8-7-17-12(15)14(8)6-9-3-4-11(16-2)10(13)5-9/h3-5,7H,6,13H2,1-2H3. The largest absolute Gasteiger partial charge is 0.495 e. The van der Waals surface area contributed by atoms with Gasteiger partial charge >= 0.3 is 4.87 Å². The first-order chi connectivity index (χ1) is 8.11. The van der Waals surface area contributed by atoms with Crippen LogP contribution in [0.4, 0.5) is 5.69 Å². The van der Waals surface area contributed by atoms with Crippen LogP contribution >= 0.6 is 11.3 Å². The molecule has 0 aliphatic rings. The van der Waals surface area contributed by atoms with Crippen LogP contribution in [0.3, 0.4) is 0 Å². The second-order valence-corrected chi connectivity index (χ2v) is 4.63. The molecule has 0 saturated carbocycles. The molecule has 1 heterocycles. The monoisotopic (exact) mass is 250 g/mol. The van der Waals surface area contributed by atoms with Crippen LogP contribution in [-0.2, 0) is 6.54 Å². The van der Waals surface area contributed by atoms with Crippen LogP contribution in [0.15, 0.2) is 28.4 Å². The van der Waals surface area contributed by atoms with E-state index in [0.717, 1.165) is 11.3 Å². The van der Waals surface area contributed by atoms with Crippen LogP contribution in [0.25, 0.3) is 0 Å². The van der Waals surface area contributed by atoms with Crippen molar-refractivity contribution < 1.29 is 4.74 Å². The van der Waals surface area contributed by atoms with Crippen molar-refractivity contribution in [3.05, 3.63) is 44.5 Å². The summed E-state index contributed by atoms with van der Waals surface area (Å²) in [7, 11) is 1.58. The Morgan fingerprint density at radius 2 is 2.24 bits per heavy atom. The zero-order valence-electron chi connectivity index (χ0n) is 9.77. The highest BCUT2D eigenvalue weighted by Crippen LogP contribution is 2.22. The minimum Gasteiger partial charge on any atom is -0.495 e. The Morgan fingerprint density at radius 3 is 2.76 bits per heavy atom. The SMILES string of the molecule is COc1ccc(Cn2c(C)csc2=O)cc1N. The Morgan fingerprint density at radius 1 is 1.47 bits per heavy atom. The summed E-state index contributed by atoms with van der Waals surface area (Å²) in [5.74, 6) is 0.656. The maximum absolute atomic E-state index is 11.6. The van der Waals surface area contributed by atoms with E-state index in [4.69, 9.17) is 10.5 Å². The van der Waals surface area contributed by atoms with Gasteiger partial charge in [0.05, 0.1) is 19.3 Å². The first-order valence-corrected chi connectivity index (χ1v) is 6.07. The lowest BCUT2D eigenvalue weighted by atomic mass is 10.2. The molecule has 0 unspecified atom stereocenters. The minimum absolute atomic E-state index is 0.0527. The molecule has 0 aliphatic heterocycles. The van der Waals surface area contributed by atoms with E-state index in [9.17, 15) is 4.79 Å². The Labute approximate surface area is 103 Å². The van der Waals surface area contributed by atoms with Gasteiger partial charge in [0.15, 0.2) is 0 Å². The highest BCUT2D eigenvalue weighted by Gasteiger charge is 2.05. The number of nitrogens with two attached hydrogens (primary N) is 1. The molecule has 2 rings (SSSR count). The van der Waals surface area contributed by atoms with E-state index in [-0.39, 0.29) is 4.87 Å². The van der Waals surface area contributed by atoms with Gasteiger partial charge in [-0.25, -0.2) is 0 Å².